The number of para-hydroxylation sites is 2. The van der Waals surface area contributed by atoms with Crippen LogP contribution in [0, 0.1) is 0 Å². The van der Waals surface area contributed by atoms with Crippen molar-refractivity contribution in [3.63, 3.8) is 0 Å². The highest BCUT2D eigenvalue weighted by Crippen LogP contribution is 2.37. The molecule has 0 spiro atoms. The number of nitrogens with one attached hydrogen (secondary N) is 2. The first-order valence-corrected chi connectivity index (χ1v) is 14.0. The Morgan fingerprint density at radius 3 is 2.31 bits per heavy atom. The number of aromatic nitrogens is 1. The molecule has 39 heavy (non-hydrogen) atoms. The summed E-state index contributed by atoms with van der Waals surface area (Å²) in [6, 6.07) is 16.1. The van der Waals surface area contributed by atoms with Crippen LogP contribution in [-0.4, -0.2) is 56.9 Å². The third-order valence-corrected chi connectivity index (χ3v) is 6.20. The maximum atomic E-state index is 12.0. The number of hydrogen-bond donors (Lipinski definition) is 5. The van der Waals surface area contributed by atoms with Gasteiger partial charge in [0.25, 0.3) is 0 Å². The lowest BCUT2D eigenvalue weighted by atomic mass is 10.1. The van der Waals surface area contributed by atoms with Crippen molar-refractivity contribution in [3.05, 3.63) is 66.4 Å². The molecule has 0 bridgehead atoms. The van der Waals surface area contributed by atoms with Crippen LogP contribution in [0.25, 0.3) is 10.9 Å². The molecule has 4 rings (SSSR count). The number of aromatic hydroxyl groups is 1. The van der Waals surface area contributed by atoms with Gasteiger partial charge in [0, 0.05) is 22.7 Å². The van der Waals surface area contributed by atoms with Gasteiger partial charge < -0.3 is 29.8 Å². The zero-order chi connectivity index (χ0) is 29.0. The number of fused-ring (bicyclic) bond motifs is 1. The Hall–Kier alpha value is -2.85. The first-order chi connectivity index (χ1) is 18.3. The Bertz CT molecular complexity index is 1160. The molecule has 5 N–H and O–H groups in total. The van der Waals surface area contributed by atoms with Crippen molar-refractivity contribution in [2.24, 2.45) is 0 Å². The number of aliphatic hydroxyl groups is 2. The van der Waals surface area contributed by atoms with Gasteiger partial charge in [0.15, 0.2) is 5.79 Å². The van der Waals surface area contributed by atoms with Crippen molar-refractivity contribution in [2.45, 2.75) is 77.6 Å². The second kappa shape index (κ2) is 15.7. The molecule has 11 heteroatoms. The number of phenols is 1. The van der Waals surface area contributed by atoms with E-state index in [4.69, 9.17) is 29.3 Å². The molecular formula is C28H40N2O8P+. The van der Waals surface area contributed by atoms with Gasteiger partial charge in [-0.2, -0.15) is 0 Å². The lowest BCUT2D eigenvalue weighted by molar-refractivity contribution is -0.149. The van der Waals surface area contributed by atoms with Gasteiger partial charge in [-0.25, -0.2) is 0 Å². The zero-order valence-electron chi connectivity index (χ0n) is 23.0. The molecule has 2 aromatic carbocycles. The molecule has 1 saturated heterocycles. The highest BCUT2D eigenvalue weighted by atomic mass is 31.1. The van der Waals surface area contributed by atoms with Gasteiger partial charge in [0.1, 0.15) is 18.4 Å². The van der Waals surface area contributed by atoms with E-state index in [2.05, 4.69) is 16.1 Å². The van der Waals surface area contributed by atoms with Crippen molar-refractivity contribution in [1.29, 1.82) is 0 Å². The summed E-state index contributed by atoms with van der Waals surface area (Å²) in [4.78, 5) is 15.0. The average Bonchev–Trinajstić information content (AvgIpc) is 3.49. The van der Waals surface area contributed by atoms with Crippen LogP contribution >= 0.6 is 8.18 Å². The van der Waals surface area contributed by atoms with Crippen LogP contribution in [0.1, 0.15) is 59.1 Å². The predicted octanol–water partition coefficient (Wildman–Crippen LogP) is 5.09. The van der Waals surface area contributed by atoms with Crippen LogP contribution in [0.4, 0.5) is 0 Å². The molecule has 0 saturated carbocycles. The average molecular weight is 564 g/mol. The second-order valence-electron chi connectivity index (χ2n) is 9.83. The number of hydrogen-bond acceptors (Lipinski definition) is 8. The Balaban J connectivity index is 0.000000367. The number of esters is 1. The fraction of sp³-hybridized carbons (Fsp3) is 0.464. The van der Waals surface area contributed by atoms with Gasteiger partial charge in [-0.15, -0.1) is 4.52 Å². The summed E-state index contributed by atoms with van der Waals surface area (Å²) in [5.41, 5.74) is 2.23. The minimum absolute atomic E-state index is 0.000493. The Morgan fingerprint density at radius 2 is 1.72 bits per heavy atom. The molecule has 1 aliphatic rings. The third kappa shape index (κ3) is 12.7. The van der Waals surface area contributed by atoms with Crippen molar-refractivity contribution in [3.8, 4) is 5.75 Å². The molecule has 0 aliphatic carbocycles. The van der Waals surface area contributed by atoms with Crippen LogP contribution in [0.3, 0.4) is 0 Å². The number of ether oxygens (including phenoxy) is 2. The summed E-state index contributed by atoms with van der Waals surface area (Å²) >= 11 is 0. The first-order valence-electron chi connectivity index (χ1n) is 12.8. The molecule has 214 valence electrons. The van der Waals surface area contributed by atoms with Crippen molar-refractivity contribution < 1.29 is 38.7 Å². The predicted molar refractivity (Wildman–Crippen MR) is 149 cm³/mol. The number of carbonyl (C=O) groups excluding carboxylic acids is 1. The maximum Gasteiger partial charge on any atom is 0.613 e. The van der Waals surface area contributed by atoms with Crippen LogP contribution in [0.2, 0.25) is 0 Å². The zero-order valence-corrected chi connectivity index (χ0v) is 23.9. The van der Waals surface area contributed by atoms with Crippen LogP contribution in [-0.2, 0) is 23.4 Å². The molecular weight excluding hydrogens is 523 g/mol. The fourth-order valence-corrected chi connectivity index (χ4v) is 4.38. The van der Waals surface area contributed by atoms with Gasteiger partial charge in [0.2, 0.25) is 0 Å². The van der Waals surface area contributed by atoms with E-state index >= 15 is 0 Å². The Kier molecular flexibility index (Phi) is 13.0. The van der Waals surface area contributed by atoms with E-state index in [9.17, 15) is 9.36 Å². The molecule has 1 fully saturated rings. The van der Waals surface area contributed by atoms with Crippen molar-refractivity contribution in [1.82, 2.24) is 10.1 Å². The van der Waals surface area contributed by atoms with Crippen molar-refractivity contribution in [2.75, 3.05) is 6.61 Å². The molecule has 3 aromatic rings. The summed E-state index contributed by atoms with van der Waals surface area (Å²) in [5, 5.41) is 28.6. The van der Waals surface area contributed by atoms with Gasteiger partial charge in [-0.3, -0.25) is 4.79 Å². The SMILES string of the molecule is CC(C)(O)O.CC(C)OC(=O)[C@@H](C)N[P+](=O)OCC1CCC(c2c[nH]c3ccccc23)O1.Oc1ccccc1. The standard InChI is InChI=1S/C19H26N2O5P.C6H6O.C3H8O2/c1-12(2)25-19(22)13(3)21-27(23)24-11-14-8-9-18(26-14)16-10-20-17-7-5-4-6-15(16)17;7-6-4-2-1-3-5-6;1-3(2,4)5/h4-7,10,12-14,18,20H,8-9,11H2,1-3H3,(H,21,23);1-5,7H;4-5H,1-2H3/q+1;;/t13-,14?,18?;;/m1../s1. The van der Waals surface area contributed by atoms with Crippen molar-refractivity contribution >= 4 is 25.1 Å². The minimum atomic E-state index is -2.17. The molecule has 3 unspecified atom stereocenters. The highest BCUT2D eigenvalue weighted by molar-refractivity contribution is 7.36. The van der Waals surface area contributed by atoms with E-state index in [0.717, 1.165) is 29.3 Å². The van der Waals surface area contributed by atoms with E-state index in [1.165, 1.54) is 13.8 Å². The van der Waals surface area contributed by atoms with E-state index < -0.39 is 26.0 Å². The third-order valence-electron chi connectivity index (χ3n) is 5.21. The largest absolute Gasteiger partial charge is 0.613 e. The van der Waals surface area contributed by atoms with Crippen LogP contribution < -0.4 is 5.09 Å². The number of H-pyrrole nitrogens is 1. The van der Waals surface area contributed by atoms with E-state index in [1.807, 2.05) is 30.5 Å². The maximum absolute atomic E-state index is 12.0. The Labute approximate surface area is 230 Å². The number of aromatic amines is 1. The first kappa shape index (κ1) is 32.4. The van der Waals surface area contributed by atoms with E-state index in [-0.39, 0.29) is 24.9 Å². The normalized spacial score (nSPS) is 18.0. The van der Waals surface area contributed by atoms with Crippen LogP contribution in [0.5, 0.6) is 5.75 Å². The molecule has 2 heterocycles. The quantitative estimate of drug-likeness (QED) is 0.143. The molecule has 10 nitrogen and oxygen atoms in total. The molecule has 1 aliphatic heterocycles. The molecule has 0 amide bonds. The van der Waals surface area contributed by atoms with E-state index in [0.29, 0.717) is 5.75 Å². The lowest BCUT2D eigenvalue weighted by Gasteiger charge is -2.12. The van der Waals surface area contributed by atoms with Gasteiger partial charge >= 0.3 is 14.1 Å². The molecule has 0 radical (unpaired) electrons. The second-order valence-corrected chi connectivity index (χ2v) is 10.9. The lowest BCUT2D eigenvalue weighted by Crippen LogP contribution is -2.33. The number of rotatable bonds is 8. The minimum Gasteiger partial charge on any atom is -0.508 e. The number of phenolic OH excluding ortho intramolecular Hbond substituents is 1. The monoisotopic (exact) mass is 563 g/mol. The Morgan fingerprint density at radius 1 is 1.10 bits per heavy atom. The van der Waals surface area contributed by atoms with Gasteiger partial charge in [0.05, 0.1) is 18.3 Å². The highest BCUT2D eigenvalue weighted by Gasteiger charge is 2.33. The molecule has 4 atom stereocenters. The number of benzene rings is 2. The topological polar surface area (TPSA) is 150 Å². The van der Waals surface area contributed by atoms with Gasteiger partial charge in [-0.1, -0.05) is 41.5 Å². The smallest absolute Gasteiger partial charge is 0.508 e. The summed E-state index contributed by atoms with van der Waals surface area (Å²) in [5.74, 6) is -1.63. The molecule has 1 aromatic heterocycles. The van der Waals surface area contributed by atoms with Gasteiger partial charge in [-0.05, 0) is 70.2 Å². The summed E-state index contributed by atoms with van der Waals surface area (Å²) in [6.45, 7) is 7.94. The number of carbonyl (C=O) groups is 1. The van der Waals surface area contributed by atoms with E-state index in [1.54, 1.807) is 45.0 Å². The summed E-state index contributed by atoms with van der Waals surface area (Å²) < 4.78 is 28.5. The fourth-order valence-electron chi connectivity index (χ4n) is 3.58. The summed E-state index contributed by atoms with van der Waals surface area (Å²) in [7, 11) is -2.17. The summed E-state index contributed by atoms with van der Waals surface area (Å²) in [6.07, 6.45) is 3.37. The van der Waals surface area contributed by atoms with Crippen LogP contribution in [0.15, 0.2) is 60.8 Å².